The molecule has 0 bridgehead atoms. The molecule has 0 unspecified atom stereocenters. The lowest BCUT2D eigenvalue weighted by Gasteiger charge is -2.00. The van der Waals surface area contributed by atoms with Gasteiger partial charge >= 0.3 is 5.97 Å². The Balaban J connectivity index is 2.47. The number of carbonyl (C=O) groups excluding carboxylic acids is 2. The first-order valence-electron chi connectivity index (χ1n) is 5.20. The molecule has 0 saturated carbocycles. The summed E-state index contributed by atoms with van der Waals surface area (Å²) in [7, 11) is 1.69. The molecule has 0 atom stereocenters. The van der Waals surface area contributed by atoms with Crippen LogP contribution in [0, 0.1) is 0 Å². The van der Waals surface area contributed by atoms with E-state index < -0.39 is 0 Å². The summed E-state index contributed by atoms with van der Waals surface area (Å²) in [4.78, 5) is 26.6. The van der Waals surface area contributed by atoms with Crippen molar-refractivity contribution in [2.24, 2.45) is 0 Å². The molecule has 0 aliphatic carbocycles. The number of carbonyl (C=O) groups is 2. The number of aromatic nitrogens is 1. The summed E-state index contributed by atoms with van der Waals surface area (Å²) in [5.74, 6) is -0.476. The number of nitrogens with zero attached hydrogens (tertiary/aromatic N) is 1. The highest BCUT2D eigenvalue weighted by molar-refractivity contribution is 7.13. The minimum Gasteiger partial charge on any atom is -0.466 e. The third-order valence-electron chi connectivity index (χ3n) is 1.77. The van der Waals surface area contributed by atoms with Crippen LogP contribution in [0.2, 0.25) is 0 Å². The standard InChI is InChI=1S/C10H15N3O3S/c1-3-16-9(15)4-7-6-17-10(12-7)13-8(14)5-11-2/h6,11H,3-5H2,1-2H3,(H,12,13,14). The number of thiazole rings is 1. The molecule has 7 heteroatoms. The molecule has 1 aromatic heterocycles. The van der Waals surface area contributed by atoms with Crippen molar-refractivity contribution in [1.82, 2.24) is 10.3 Å². The minimum absolute atomic E-state index is 0.131. The fourth-order valence-corrected chi connectivity index (χ4v) is 1.86. The predicted octanol–water partition coefficient (Wildman–Crippen LogP) is 0.407. The lowest BCUT2D eigenvalue weighted by atomic mass is 10.3. The van der Waals surface area contributed by atoms with Gasteiger partial charge in [0.1, 0.15) is 0 Å². The van der Waals surface area contributed by atoms with Crippen LogP contribution in [-0.2, 0) is 20.7 Å². The summed E-state index contributed by atoms with van der Waals surface area (Å²) < 4.78 is 4.80. The predicted molar refractivity (Wildman–Crippen MR) is 65.0 cm³/mol. The van der Waals surface area contributed by atoms with Crippen molar-refractivity contribution in [1.29, 1.82) is 0 Å². The Labute approximate surface area is 103 Å². The van der Waals surface area contributed by atoms with E-state index in [2.05, 4.69) is 15.6 Å². The molecule has 6 nitrogen and oxygen atoms in total. The van der Waals surface area contributed by atoms with Gasteiger partial charge in [-0.1, -0.05) is 0 Å². The van der Waals surface area contributed by atoms with Crippen LogP contribution in [0.25, 0.3) is 0 Å². The van der Waals surface area contributed by atoms with Crippen molar-refractivity contribution in [2.45, 2.75) is 13.3 Å². The Kier molecular flexibility index (Phi) is 5.58. The molecule has 94 valence electrons. The molecular weight excluding hydrogens is 242 g/mol. The third-order valence-corrected chi connectivity index (χ3v) is 2.57. The summed E-state index contributed by atoms with van der Waals surface area (Å²) in [5, 5.41) is 7.57. The maximum atomic E-state index is 11.2. The number of hydrogen-bond donors (Lipinski definition) is 2. The van der Waals surface area contributed by atoms with Crippen molar-refractivity contribution in [3.05, 3.63) is 11.1 Å². The lowest BCUT2D eigenvalue weighted by Crippen LogP contribution is -2.25. The SMILES string of the molecule is CCOC(=O)Cc1csc(NC(=O)CNC)n1. The van der Waals surface area contributed by atoms with Gasteiger partial charge in [0.25, 0.3) is 0 Å². The molecule has 0 spiro atoms. The maximum absolute atomic E-state index is 11.2. The number of hydrogen-bond acceptors (Lipinski definition) is 6. The zero-order valence-electron chi connectivity index (χ0n) is 9.78. The fraction of sp³-hybridized carbons (Fsp3) is 0.500. The average molecular weight is 257 g/mol. The van der Waals surface area contributed by atoms with E-state index in [0.717, 1.165) is 0 Å². The molecule has 0 saturated heterocycles. The van der Waals surface area contributed by atoms with Gasteiger partial charge in [-0.15, -0.1) is 11.3 Å². The summed E-state index contributed by atoms with van der Waals surface area (Å²) in [6, 6.07) is 0. The number of esters is 1. The monoisotopic (exact) mass is 257 g/mol. The molecule has 0 radical (unpaired) electrons. The van der Waals surface area contributed by atoms with Gasteiger partial charge in [-0.3, -0.25) is 9.59 Å². The second-order valence-electron chi connectivity index (χ2n) is 3.20. The Bertz CT molecular complexity index is 357. The highest BCUT2D eigenvalue weighted by Crippen LogP contribution is 2.15. The van der Waals surface area contributed by atoms with Gasteiger partial charge in [0.15, 0.2) is 5.13 Å². The van der Waals surface area contributed by atoms with Crippen molar-refractivity contribution < 1.29 is 14.3 Å². The lowest BCUT2D eigenvalue weighted by molar-refractivity contribution is -0.142. The van der Waals surface area contributed by atoms with Crippen LogP contribution < -0.4 is 10.6 Å². The first kappa shape index (κ1) is 13.6. The van der Waals surface area contributed by atoms with E-state index in [0.29, 0.717) is 17.4 Å². The van der Waals surface area contributed by atoms with Crippen molar-refractivity contribution in [3.63, 3.8) is 0 Å². The Hall–Kier alpha value is -1.47. The Morgan fingerprint density at radius 2 is 2.29 bits per heavy atom. The molecule has 0 aliphatic rings. The molecule has 0 aliphatic heterocycles. The summed E-state index contributed by atoms with van der Waals surface area (Å²) in [6.45, 7) is 2.34. The smallest absolute Gasteiger partial charge is 0.311 e. The van der Waals surface area contributed by atoms with Gasteiger partial charge in [-0.25, -0.2) is 4.98 Å². The third kappa shape index (κ3) is 4.92. The van der Waals surface area contributed by atoms with Crippen LogP contribution in [0.15, 0.2) is 5.38 Å². The number of amides is 1. The van der Waals surface area contributed by atoms with Crippen LogP contribution in [0.5, 0.6) is 0 Å². The van der Waals surface area contributed by atoms with Gasteiger partial charge in [-0.2, -0.15) is 0 Å². The van der Waals surface area contributed by atoms with Crippen LogP contribution in [0.1, 0.15) is 12.6 Å². The van der Waals surface area contributed by atoms with Gasteiger partial charge < -0.3 is 15.4 Å². The minimum atomic E-state index is -0.314. The maximum Gasteiger partial charge on any atom is 0.311 e. The molecule has 1 heterocycles. The largest absolute Gasteiger partial charge is 0.466 e. The van der Waals surface area contributed by atoms with Gasteiger partial charge in [-0.05, 0) is 14.0 Å². The molecule has 0 aromatic carbocycles. The molecular formula is C10H15N3O3S. The van der Waals surface area contributed by atoms with Crippen molar-refractivity contribution >= 4 is 28.3 Å². The number of likely N-dealkylation sites (N-methyl/N-ethyl adjacent to an activating group) is 1. The van der Waals surface area contributed by atoms with E-state index in [1.807, 2.05) is 0 Å². The highest BCUT2D eigenvalue weighted by Gasteiger charge is 2.09. The van der Waals surface area contributed by atoms with Gasteiger partial charge in [0.2, 0.25) is 5.91 Å². The number of nitrogens with one attached hydrogen (secondary N) is 2. The summed E-state index contributed by atoms with van der Waals surface area (Å²) in [5.41, 5.74) is 0.605. The number of anilines is 1. The van der Waals surface area contributed by atoms with E-state index in [1.165, 1.54) is 11.3 Å². The Morgan fingerprint density at radius 1 is 1.53 bits per heavy atom. The normalized spacial score (nSPS) is 10.0. The summed E-state index contributed by atoms with van der Waals surface area (Å²) in [6.07, 6.45) is 0.131. The van der Waals surface area contributed by atoms with Gasteiger partial charge in [0, 0.05) is 5.38 Å². The highest BCUT2D eigenvalue weighted by atomic mass is 32.1. The molecule has 2 N–H and O–H groups in total. The second kappa shape index (κ2) is 6.97. The fourth-order valence-electron chi connectivity index (χ4n) is 1.13. The van der Waals surface area contributed by atoms with E-state index >= 15 is 0 Å². The number of rotatable bonds is 6. The van der Waals surface area contributed by atoms with E-state index in [4.69, 9.17) is 4.74 Å². The molecule has 0 fully saturated rings. The average Bonchev–Trinajstić information content (AvgIpc) is 2.66. The van der Waals surface area contributed by atoms with Crippen molar-refractivity contribution in [2.75, 3.05) is 25.5 Å². The molecule has 1 amide bonds. The first-order valence-corrected chi connectivity index (χ1v) is 6.08. The van der Waals surface area contributed by atoms with E-state index in [1.54, 1.807) is 19.4 Å². The van der Waals surface area contributed by atoms with Crippen molar-refractivity contribution in [3.8, 4) is 0 Å². The van der Waals surface area contributed by atoms with Crippen LogP contribution in [0.3, 0.4) is 0 Å². The van der Waals surface area contributed by atoms with Gasteiger partial charge in [0.05, 0.1) is 25.3 Å². The molecule has 1 rings (SSSR count). The summed E-state index contributed by atoms with van der Waals surface area (Å²) >= 11 is 1.29. The Morgan fingerprint density at radius 3 is 2.94 bits per heavy atom. The molecule has 1 aromatic rings. The zero-order valence-corrected chi connectivity index (χ0v) is 10.6. The van der Waals surface area contributed by atoms with E-state index in [9.17, 15) is 9.59 Å². The van der Waals surface area contributed by atoms with Crippen LogP contribution in [0.4, 0.5) is 5.13 Å². The van der Waals surface area contributed by atoms with Crippen LogP contribution in [-0.4, -0.2) is 37.1 Å². The quantitative estimate of drug-likeness (QED) is 0.721. The first-order chi connectivity index (χ1) is 8.15. The second-order valence-corrected chi connectivity index (χ2v) is 4.06. The molecule has 17 heavy (non-hydrogen) atoms. The van der Waals surface area contributed by atoms with Crippen LogP contribution >= 0.6 is 11.3 Å². The van der Waals surface area contributed by atoms with E-state index in [-0.39, 0.29) is 24.8 Å². The topological polar surface area (TPSA) is 80.3 Å². The number of ether oxygens (including phenoxy) is 1. The zero-order chi connectivity index (χ0) is 12.7.